The summed E-state index contributed by atoms with van der Waals surface area (Å²) in [7, 11) is 1.54. The number of hydrogen-bond acceptors (Lipinski definition) is 5. The fourth-order valence-corrected chi connectivity index (χ4v) is 4.34. The van der Waals surface area contributed by atoms with E-state index in [1.165, 1.54) is 7.11 Å². The average Bonchev–Trinajstić information content (AvgIpc) is 3.12. The summed E-state index contributed by atoms with van der Waals surface area (Å²) in [6, 6.07) is 10.4. The van der Waals surface area contributed by atoms with Crippen LogP contribution < -0.4 is 4.74 Å². The predicted octanol–water partition coefficient (Wildman–Crippen LogP) is 5.27. The first-order valence-corrected chi connectivity index (χ1v) is 10.6. The van der Waals surface area contributed by atoms with Crippen LogP contribution in [-0.2, 0) is 14.9 Å². The van der Waals surface area contributed by atoms with Gasteiger partial charge in [-0.2, -0.15) is 8.78 Å². The fraction of sp³-hybridized carbons (Fsp3) is 0.286. The van der Waals surface area contributed by atoms with Gasteiger partial charge in [0.25, 0.3) is 0 Å². The first kappa shape index (κ1) is 22.6. The third kappa shape index (κ3) is 3.98. The van der Waals surface area contributed by atoms with Gasteiger partial charge in [-0.15, -0.1) is 10.2 Å². The standard InChI is InChI=1S/C21H17BrClF2N3O4/c1-10-12(4-3-5-15(10)31-2)18-13-8-11(22)6-7-14(13)28-19(16(32-18)9-17(29)30)26-27-20(28)21(23,24)25/h3-8,16,18H,9H2,1-2H3,(H,29,30)/t16-,18-/m1/s1. The summed E-state index contributed by atoms with van der Waals surface area (Å²) in [4.78, 5) is 11.6. The van der Waals surface area contributed by atoms with Gasteiger partial charge < -0.3 is 14.6 Å². The zero-order chi connectivity index (χ0) is 23.2. The van der Waals surface area contributed by atoms with Gasteiger partial charge in [0.1, 0.15) is 18.0 Å². The fourth-order valence-electron chi connectivity index (χ4n) is 3.84. The Kier molecular flexibility index (Phi) is 5.95. The quantitative estimate of drug-likeness (QED) is 0.454. The molecular weight excluding hydrogens is 512 g/mol. The molecule has 0 amide bonds. The molecule has 0 unspecified atom stereocenters. The van der Waals surface area contributed by atoms with Crippen molar-refractivity contribution in [2.45, 2.75) is 30.9 Å². The number of methoxy groups -OCH3 is 1. The van der Waals surface area contributed by atoms with Crippen LogP contribution in [0.1, 0.15) is 47.0 Å². The van der Waals surface area contributed by atoms with E-state index in [1.54, 1.807) is 30.3 Å². The SMILES string of the molecule is COc1cccc([C@H]2O[C@H](CC(=O)O)c3nnc(C(F)(F)Cl)n3-c3ccc(Br)cc32)c1C. The molecule has 1 aromatic heterocycles. The van der Waals surface area contributed by atoms with Crippen molar-refractivity contribution in [2.24, 2.45) is 0 Å². The van der Waals surface area contributed by atoms with Crippen LogP contribution in [0, 0.1) is 6.92 Å². The Hall–Kier alpha value is -2.56. The van der Waals surface area contributed by atoms with Crippen LogP contribution in [-0.4, -0.2) is 33.0 Å². The maximum Gasteiger partial charge on any atom is 0.382 e. The number of fused-ring (bicyclic) bond motifs is 3. The number of nitrogens with zero attached hydrogens (tertiary/aromatic N) is 3. The molecule has 0 radical (unpaired) electrons. The van der Waals surface area contributed by atoms with Gasteiger partial charge in [-0.05, 0) is 53.9 Å². The largest absolute Gasteiger partial charge is 0.496 e. The van der Waals surface area contributed by atoms with E-state index in [4.69, 9.17) is 21.1 Å². The second-order valence-electron chi connectivity index (χ2n) is 7.20. The van der Waals surface area contributed by atoms with E-state index < -0.39 is 35.8 Å². The Morgan fingerprint density at radius 2 is 2.06 bits per heavy atom. The van der Waals surface area contributed by atoms with Crippen molar-refractivity contribution in [2.75, 3.05) is 7.11 Å². The van der Waals surface area contributed by atoms with Crippen LogP contribution in [0.5, 0.6) is 5.75 Å². The highest BCUT2D eigenvalue weighted by Gasteiger charge is 2.42. The van der Waals surface area contributed by atoms with Crippen molar-refractivity contribution in [3.8, 4) is 11.4 Å². The molecule has 32 heavy (non-hydrogen) atoms. The predicted molar refractivity (Wildman–Crippen MR) is 114 cm³/mol. The summed E-state index contributed by atoms with van der Waals surface area (Å²) in [5.41, 5.74) is 2.27. The second-order valence-corrected chi connectivity index (χ2v) is 8.59. The molecular formula is C21H17BrClF2N3O4. The first-order valence-electron chi connectivity index (χ1n) is 9.45. The van der Waals surface area contributed by atoms with Gasteiger partial charge >= 0.3 is 11.4 Å². The van der Waals surface area contributed by atoms with E-state index in [1.807, 2.05) is 13.0 Å². The average molecular weight is 529 g/mol. The highest BCUT2D eigenvalue weighted by atomic mass is 79.9. The molecule has 1 aliphatic heterocycles. The Bertz CT molecular complexity index is 1200. The Labute approximate surface area is 195 Å². The molecule has 0 fully saturated rings. The molecule has 1 aliphatic rings. The number of hydrogen-bond donors (Lipinski definition) is 1. The molecule has 3 aromatic rings. The molecule has 2 heterocycles. The van der Waals surface area contributed by atoms with Crippen LogP contribution in [0.25, 0.3) is 5.69 Å². The normalized spacial score (nSPS) is 17.9. The van der Waals surface area contributed by atoms with Gasteiger partial charge in [-0.25, -0.2) is 0 Å². The lowest BCUT2D eigenvalue weighted by Crippen LogP contribution is -2.17. The van der Waals surface area contributed by atoms with Crippen LogP contribution in [0.4, 0.5) is 8.78 Å². The second kappa shape index (κ2) is 8.42. The highest BCUT2D eigenvalue weighted by molar-refractivity contribution is 9.10. The maximum atomic E-state index is 14.2. The van der Waals surface area contributed by atoms with Gasteiger partial charge in [-0.1, -0.05) is 28.1 Å². The van der Waals surface area contributed by atoms with E-state index in [0.717, 1.165) is 10.1 Å². The van der Waals surface area contributed by atoms with Crippen molar-refractivity contribution in [3.63, 3.8) is 0 Å². The topological polar surface area (TPSA) is 86.5 Å². The molecule has 7 nitrogen and oxygen atoms in total. The zero-order valence-corrected chi connectivity index (χ0v) is 19.2. The maximum absolute atomic E-state index is 14.2. The molecule has 0 saturated heterocycles. The molecule has 1 N–H and O–H groups in total. The molecule has 0 aliphatic carbocycles. The van der Waals surface area contributed by atoms with Crippen molar-refractivity contribution in [1.29, 1.82) is 0 Å². The summed E-state index contributed by atoms with van der Waals surface area (Å²) in [6.07, 6.45) is -2.49. The Morgan fingerprint density at radius 1 is 1.31 bits per heavy atom. The van der Waals surface area contributed by atoms with E-state index in [-0.39, 0.29) is 5.82 Å². The molecule has 2 atom stereocenters. The smallest absolute Gasteiger partial charge is 0.382 e. The summed E-state index contributed by atoms with van der Waals surface area (Å²) in [6.45, 7) is 1.84. The number of alkyl halides is 3. The molecule has 11 heteroatoms. The van der Waals surface area contributed by atoms with Crippen LogP contribution >= 0.6 is 27.5 Å². The lowest BCUT2D eigenvalue weighted by Gasteiger charge is -2.24. The number of aromatic nitrogens is 3. The van der Waals surface area contributed by atoms with Gasteiger partial charge in [0, 0.05) is 10.0 Å². The third-order valence-electron chi connectivity index (χ3n) is 5.23. The molecule has 0 bridgehead atoms. The summed E-state index contributed by atoms with van der Waals surface area (Å²) in [5.74, 6) is -1.47. The van der Waals surface area contributed by atoms with Gasteiger partial charge in [-0.3, -0.25) is 9.36 Å². The summed E-state index contributed by atoms with van der Waals surface area (Å²) in [5, 5.41) is 13.0. The number of carboxylic acids is 1. The van der Waals surface area contributed by atoms with Crippen LogP contribution in [0.15, 0.2) is 40.9 Å². The first-order chi connectivity index (χ1) is 15.1. The van der Waals surface area contributed by atoms with E-state index in [2.05, 4.69) is 26.1 Å². The number of carbonyl (C=O) groups is 1. The lowest BCUT2D eigenvalue weighted by molar-refractivity contribution is -0.141. The minimum absolute atomic E-state index is 0.0747. The number of rotatable bonds is 5. The van der Waals surface area contributed by atoms with Gasteiger partial charge in [0.05, 0.1) is 19.2 Å². The molecule has 4 rings (SSSR count). The van der Waals surface area contributed by atoms with Crippen LogP contribution in [0.3, 0.4) is 0 Å². The number of aliphatic carboxylic acids is 1. The molecule has 0 spiro atoms. The van der Waals surface area contributed by atoms with Crippen LogP contribution in [0.2, 0.25) is 0 Å². The van der Waals surface area contributed by atoms with Crippen molar-refractivity contribution in [3.05, 3.63) is 69.2 Å². The van der Waals surface area contributed by atoms with Crippen molar-refractivity contribution < 1.29 is 28.2 Å². The minimum Gasteiger partial charge on any atom is -0.496 e. The van der Waals surface area contributed by atoms with Gasteiger partial charge in [0.15, 0.2) is 5.82 Å². The minimum atomic E-state index is -3.84. The summed E-state index contributed by atoms with van der Waals surface area (Å²) >= 11 is 8.74. The Balaban J connectivity index is 2.03. The van der Waals surface area contributed by atoms with Gasteiger partial charge in [0.2, 0.25) is 5.82 Å². The van der Waals surface area contributed by atoms with E-state index >= 15 is 0 Å². The molecule has 0 saturated carbocycles. The zero-order valence-electron chi connectivity index (χ0n) is 16.9. The number of benzene rings is 2. The number of carboxylic acid groups (broad SMARTS) is 1. The van der Waals surface area contributed by atoms with Crippen molar-refractivity contribution in [1.82, 2.24) is 14.8 Å². The lowest BCUT2D eigenvalue weighted by atomic mass is 9.95. The number of halogens is 4. The van der Waals surface area contributed by atoms with E-state index in [0.29, 0.717) is 27.0 Å². The van der Waals surface area contributed by atoms with Crippen molar-refractivity contribution >= 4 is 33.5 Å². The monoisotopic (exact) mass is 527 g/mol. The highest BCUT2D eigenvalue weighted by Crippen LogP contribution is 2.45. The Morgan fingerprint density at radius 3 is 2.72 bits per heavy atom. The molecule has 168 valence electrons. The summed E-state index contributed by atoms with van der Waals surface area (Å²) < 4.78 is 41.9. The third-order valence-corrected chi connectivity index (χ3v) is 5.89. The number of ether oxygens (including phenoxy) is 2. The van der Waals surface area contributed by atoms with E-state index in [9.17, 15) is 18.7 Å². The molecule has 2 aromatic carbocycles.